The van der Waals surface area contributed by atoms with Crippen LogP contribution >= 0.6 is 0 Å². The van der Waals surface area contributed by atoms with Gasteiger partial charge in [-0.05, 0) is 19.3 Å². The van der Waals surface area contributed by atoms with Gasteiger partial charge >= 0.3 is 0 Å². The van der Waals surface area contributed by atoms with E-state index in [1.54, 1.807) is 13.4 Å². The molecule has 0 saturated carbocycles. The van der Waals surface area contributed by atoms with Crippen molar-refractivity contribution in [3.8, 4) is 0 Å². The van der Waals surface area contributed by atoms with Crippen molar-refractivity contribution in [1.82, 2.24) is 9.97 Å². The van der Waals surface area contributed by atoms with Crippen molar-refractivity contribution in [1.29, 1.82) is 0 Å². The first-order valence-corrected chi connectivity index (χ1v) is 5.40. The smallest absolute Gasteiger partial charge is 0.129 e. The van der Waals surface area contributed by atoms with Gasteiger partial charge in [0.15, 0.2) is 0 Å². The zero-order chi connectivity index (χ0) is 10.9. The molecule has 4 heteroatoms. The maximum atomic E-state index is 4.98. The fraction of sp³-hybridized carbons (Fsp3) is 0.636. The average Bonchev–Trinajstić information content (AvgIpc) is 2.29. The molecule has 0 amide bonds. The van der Waals surface area contributed by atoms with Gasteiger partial charge in [0.2, 0.25) is 0 Å². The first kappa shape index (κ1) is 11.9. The monoisotopic (exact) mass is 209 g/mol. The van der Waals surface area contributed by atoms with Crippen LogP contribution in [-0.2, 0) is 11.2 Å². The van der Waals surface area contributed by atoms with Gasteiger partial charge in [-0.2, -0.15) is 0 Å². The van der Waals surface area contributed by atoms with Crippen molar-refractivity contribution < 1.29 is 4.74 Å². The Morgan fingerprint density at radius 1 is 1.33 bits per heavy atom. The zero-order valence-corrected chi connectivity index (χ0v) is 9.49. The van der Waals surface area contributed by atoms with Crippen LogP contribution in [0.5, 0.6) is 0 Å². The van der Waals surface area contributed by atoms with Crippen molar-refractivity contribution in [3.05, 3.63) is 18.1 Å². The Labute approximate surface area is 91.1 Å². The van der Waals surface area contributed by atoms with Gasteiger partial charge < -0.3 is 10.1 Å². The number of anilines is 1. The molecule has 1 aromatic rings. The highest BCUT2D eigenvalue weighted by atomic mass is 16.5. The molecule has 0 radical (unpaired) electrons. The van der Waals surface area contributed by atoms with E-state index in [-0.39, 0.29) is 0 Å². The molecule has 4 nitrogen and oxygen atoms in total. The second-order valence-electron chi connectivity index (χ2n) is 3.37. The lowest BCUT2D eigenvalue weighted by molar-refractivity contribution is 0.194. The Kier molecular flexibility index (Phi) is 5.70. The Morgan fingerprint density at radius 3 is 2.93 bits per heavy atom. The molecule has 0 aliphatic rings. The quantitative estimate of drug-likeness (QED) is 0.696. The third kappa shape index (κ3) is 4.74. The molecular formula is C11H19N3O. The molecule has 0 bridgehead atoms. The minimum atomic E-state index is 0.825. The maximum absolute atomic E-state index is 4.98. The summed E-state index contributed by atoms with van der Waals surface area (Å²) < 4.78 is 4.98. The number of hydrogen-bond donors (Lipinski definition) is 1. The summed E-state index contributed by atoms with van der Waals surface area (Å²) in [5.41, 5.74) is 1.07. The third-order valence-corrected chi connectivity index (χ3v) is 2.17. The van der Waals surface area contributed by atoms with Crippen LogP contribution in [0.4, 0.5) is 5.82 Å². The second-order valence-corrected chi connectivity index (χ2v) is 3.37. The number of hydrogen-bond acceptors (Lipinski definition) is 4. The van der Waals surface area contributed by atoms with E-state index in [2.05, 4.69) is 22.2 Å². The Hall–Kier alpha value is -1.16. The fourth-order valence-electron chi connectivity index (χ4n) is 1.28. The Balaban J connectivity index is 2.24. The lowest BCUT2D eigenvalue weighted by atomic mass is 10.3. The Bertz CT molecular complexity index is 278. The summed E-state index contributed by atoms with van der Waals surface area (Å²) in [5.74, 6) is 0.916. The lowest BCUT2D eigenvalue weighted by Crippen LogP contribution is -2.05. The highest BCUT2D eigenvalue weighted by Gasteiger charge is 1.95. The molecule has 1 aromatic heterocycles. The maximum Gasteiger partial charge on any atom is 0.129 e. The molecule has 0 unspecified atom stereocenters. The van der Waals surface area contributed by atoms with Crippen LogP contribution < -0.4 is 5.32 Å². The van der Waals surface area contributed by atoms with Crippen molar-refractivity contribution in [2.24, 2.45) is 0 Å². The molecule has 0 spiro atoms. The van der Waals surface area contributed by atoms with Crippen molar-refractivity contribution in [2.45, 2.75) is 26.2 Å². The van der Waals surface area contributed by atoms with Crippen LogP contribution in [0.1, 0.15) is 25.5 Å². The molecular weight excluding hydrogens is 190 g/mol. The predicted molar refractivity (Wildman–Crippen MR) is 61.0 cm³/mol. The average molecular weight is 209 g/mol. The SMILES string of the molecule is CCc1cc(NCCCCOC)ncn1. The normalized spacial score (nSPS) is 10.3. The molecule has 1 rings (SSSR count). The minimum Gasteiger partial charge on any atom is -0.385 e. The number of unbranched alkanes of at least 4 members (excludes halogenated alkanes) is 1. The van der Waals surface area contributed by atoms with E-state index in [9.17, 15) is 0 Å². The van der Waals surface area contributed by atoms with E-state index in [1.165, 1.54) is 0 Å². The molecule has 84 valence electrons. The van der Waals surface area contributed by atoms with Gasteiger partial charge in [-0.15, -0.1) is 0 Å². The number of aryl methyl sites for hydroxylation is 1. The minimum absolute atomic E-state index is 0.825. The van der Waals surface area contributed by atoms with Crippen molar-refractivity contribution >= 4 is 5.82 Å². The predicted octanol–water partition coefficient (Wildman–Crippen LogP) is 1.88. The Morgan fingerprint density at radius 2 is 2.20 bits per heavy atom. The van der Waals surface area contributed by atoms with E-state index in [4.69, 9.17) is 4.74 Å². The molecule has 0 saturated heterocycles. The van der Waals surface area contributed by atoms with Crippen LogP contribution in [0, 0.1) is 0 Å². The molecule has 0 aromatic carbocycles. The van der Waals surface area contributed by atoms with Crippen LogP contribution in [-0.4, -0.2) is 30.2 Å². The molecule has 1 heterocycles. The van der Waals surface area contributed by atoms with Gasteiger partial charge in [-0.25, -0.2) is 9.97 Å². The van der Waals surface area contributed by atoms with Gasteiger partial charge in [0.25, 0.3) is 0 Å². The number of ether oxygens (including phenoxy) is 1. The first-order chi connectivity index (χ1) is 7.36. The molecule has 0 aliphatic heterocycles. The largest absolute Gasteiger partial charge is 0.385 e. The summed E-state index contributed by atoms with van der Waals surface area (Å²) in [5, 5.41) is 3.27. The van der Waals surface area contributed by atoms with E-state index >= 15 is 0 Å². The third-order valence-electron chi connectivity index (χ3n) is 2.17. The van der Waals surface area contributed by atoms with Gasteiger partial charge in [0, 0.05) is 32.0 Å². The van der Waals surface area contributed by atoms with E-state index in [1.807, 2.05) is 6.07 Å². The summed E-state index contributed by atoms with van der Waals surface area (Å²) in [6.07, 6.45) is 4.73. The fourth-order valence-corrected chi connectivity index (χ4v) is 1.28. The number of rotatable bonds is 7. The van der Waals surface area contributed by atoms with E-state index in [0.717, 1.165) is 43.9 Å². The topological polar surface area (TPSA) is 47.0 Å². The van der Waals surface area contributed by atoms with Gasteiger partial charge in [-0.1, -0.05) is 6.92 Å². The van der Waals surface area contributed by atoms with E-state index < -0.39 is 0 Å². The van der Waals surface area contributed by atoms with Gasteiger partial charge in [0.05, 0.1) is 0 Å². The summed E-state index contributed by atoms with van der Waals surface area (Å²) >= 11 is 0. The number of nitrogens with one attached hydrogen (secondary N) is 1. The molecule has 0 atom stereocenters. The van der Waals surface area contributed by atoms with Crippen LogP contribution in [0.15, 0.2) is 12.4 Å². The second kappa shape index (κ2) is 7.17. The highest BCUT2D eigenvalue weighted by molar-refractivity contribution is 5.34. The number of methoxy groups -OCH3 is 1. The van der Waals surface area contributed by atoms with Gasteiger partial charge in [-0.3, -0.25) is 0 Å². The first-order valence-electron chi connectivity index (χ1n) is 5.40. The molecule has 1 N–H and O–H groups in total. The number of nitrogens with zero attached hydrogens (tertiary/aromatic N) is 2. The van der Waals surface area contributed by atoms with Crippen molar-refractivity contribution in [3.63, 3.8) is 0 Å². The molecule has 0 aliphatic carbocycles. The molecule has 0 fully saturated rings. The van der Waals surface area contributed by atoms with Crippen LogP contribution in [0.3, 0.4) is 0 Å². The number of aromatic nitrogens is 2. The van der Waals surface area contributed by atoms with Crippen LogP contribution in [0.25, 0.3) is 0 Å². The van der Waals surface area contributed by atoms with Crippen LogP contribution in [0.2, 0.25) is 0 Å². The zero-order valence-electron chi connectivity index (χ0n) is 9.49. The van der Waals surface area contributed by atoms with Crippen molar-refractivity contribution in [2.75, 3.05) is 25.6 Å². The highest BCUT2D eigenvalue weighted by Crippen LogP contribution is 2.04. The summed E-state index contributed by atoms with van der Waals surface area (Å²) in [6.45, 7) is 3.85. The standard InChI is InChI=1S/C11H19N3O/c1-3-10-8-11(14-9-13-10)12-6-4-5-7-15-2/h8-9H,3-7H2,1-2H3,(H,12,13,14). The summed E-state index contributed by atoms with van der Waals surface area (Å²) in [4.78, 5) is 8.30. The molecule has 15 heavy (non-hydrogen) atoms. The summed E-state index contributed by atoms with van der Waals surface area (Å²) in [6, 6.07) is 2.00. The van der Waals surface area contributed by atoms with Gasteiger partial charge in [0.1, 0.15) is 12.1 Å². The lowest BCUT2D eigenvalue weighted by Gasteiger charge is -2.05. The van der Waals surface area contributed by atoms with E-state index in [0.29, 0.717) is 0 Å². The summed E-state index contributed by atoms with van der Waals surface area (Å²) in [7, 11) is 1.73.